The molecule has 0 saturated heterocycles. The van der Waals surface area contributed by atoms with Crippen LogP contribution in [0.4, 0.5) is 0 Å². The number of hydrogen-bond acceptors (Lipinski definition) is 1. The molecule has 0 aliphatic carbocycles. The molecule has 0 N–H and O–H groups in total. The fraction of sp³-hybridized carbons (Fsp3) is 0.0270. The highest BCUT2D eigenvalue weighted by Crippen LogP contribution is 2.43. The van der Waals surface area contributed by atoms with Crippen molar-refractivity contribution in [1.29, 1.82) is 0 Å². The minimum absolute atomic E-state index is 1.01. The Hall–Kier alpha value is -4.33. The molecule has 38 heavy (non-hydrogen) atoms. The maximum absolute atomic E-state index is 2.40. The van der Waals surface area contributed by atoms with Gasteiger partial charge in [-0.15, -0.1) is 0 Å². The number of hydrogen-bond donors (Lipinski definition) is 0. The average molecular weight is 501 g/mol. The smallest absolute Gasteiger partial charge is 0.0164 e. The SMILES string of the molecule is c1ccc2c(c1)Cc1ccc(-c3ccccc3-c3ccc4c5ccccc5c5ccccc5c4c3)cc1S2. The van der Waals surface area contributed by atoms with E-state index in [2.05, 4.69) is 133 Å². The highest BCUT2D eigenvalue weighted by Gasteiger charge is 2.18. The van der Waals surface area contributed by atoms with Crippen molar-refractivity contribution in [3.05, 3.63) is 145 Å². The molecule has 8 rings (SSSR count). The van der Waals surface area contributed by atoms with Gasteiger partial charge in [0.1, 0.15) is 0 Å². The molecule has 0 fully saturated rings. The van der Waals surface area contributed by atoms with Crippen LogP contribution >= 0.6 is 11.8 Å². The summed E-state index contributed by atoms with van der Waals surface area (Å²) in [6, 6.07) is 49.2. The summed E-state index contributed by atoms with van der Waals surface area (Å²) in [7, 11) is 0. The molecule has 1 aliphatic heterocycles. The second-order valence-electron chi connectivity index (χ2n) is 10.1. The first kappa shape index (κ1) is 21.7. The normalized spacial score (nSPS) is 12.5. The van der Waals surface area contributed by atoms with Crippen LogP contribution in [0.25, 0.3) is 54.6 Å². The van der Waals surface area contributed by atoms with Crippen molar-refractivity contribution in [2.45, 2.75) is 16.2 Å². The van der Waals surface area contributed by atoms with Gasteiger partial charge in [0.05, 0.1) is 0 Å². The topological polar surface area (TPSA) is 0 Å². The summed E-state index contributed by atoms with van der Waals surface area (Å²) < 4.78 is 0. The maximum atomic E-state index is 2.40. The predicted molar refractivity (Wildman–Crippen MR) is 163 cm³/mol. The van der Waals surface area contributed by atoms with Crippen LogP contribution in [-0.2, 0) is 6.42 Å². The average Bonchev–Trinajstić information content (AvgIpc) is 2.99. The molecular weight excluding hydrogens is 476 g/mol. The third-order valence-electron chi connectivity index (χ3n) is 7.93. The fourth-order valence-electron chi connectivity index (χ4n) is 6.10. The molecule has 7 aromatic rings. The minimum atomic E-state index is 1.01. The Kier molecular flexibility index (Phi) is 4.93. The van der Waals surface area contributed by atoms with Gasteiger partial charge in [0, 0.05) is 9.79 Å². The first-order valence-corrected chi connectivity index (χ1v) is 14.0. The van der Waals surface area contributed by atoms with E-state index >= 15 is 0 Å². The van der Waals surface area contributed by atoms with Gasteiger partial charge in [-0.3, -0.25) is 0 Å². The van der Waals surface area contributed by atoms with Crippen molar-refractivity contribution in [2.75, 3.05) is 0 Å². The lowest BCUT2D eigenvalue weighted by atomic mass is 9.89. The van der Waals surface area contributed by atoms with Gasteiger partial charge in [0.25, 0.3) is 0 Å². The first-order chi connectivity index (χ1) is 18.8. The van der Waals surface area contributed by atoms with Gasteiger partial charge in [0.2, 0.25) is 0 Å². The van der Waals surface area contributed by atoms with Crippen LogP contribution in [0, 0.1) is 0 Å². The van der Waals surface area contributed by atoms with Crippen molar-refractivity contribution in [3.63, 3.8) is 0 Å². The molecule has 0 saturated carbocycles. The Balaban J connectivity index is 1.30. The molecule has 7 aromatic carbocycles. The Morgan fingerprint density at radius 2 is 0.868 bits per heavy atom. The standard InChI is InChI=1S/C37H24S/c1-8-16-36-26(9-1)21-27-18-17-25(23-37(27)38-36)29-11-3-2-10-28(29)24-19-20-34-32-14-5-4-12-30(32)31-13-6-7-15-33(31)35(34)22-24/h1-20,22-23H,21H2. The van der Waals surface area contributed by atoms with E-state index in [1.807, 2.05) is 11.8 Å². The molecule has 0 aromatic heterocycles. The van der Waals surface area contributed by atoms with Crippen molar-refractivity contribution >= 4 is 44.1 Å². The van der Waals surface area contributed by atoms with Crippen LogP contribution in [0.1, 0.15) is 11.1 Å². The summed E-state index contributed by atoms with van der Waals surface area (Å²) in [6.07, 6.45) is 1.01. The highest BCUT2D eigenvalue weighted by atomic mass is 32.2. The summed E-state index contributed by atoms with van der Waals surface area (Å²) in [6.45, 7) is 0. The van der Waals surface area contributed by atoms with E-state index in [4.69, 9.17) is 0 Å². The van der Waals surface area contributed by atoms with E-state index in [1.165, 1.54) is 75.5 Å². The summed E-state index contributed by atoms with van der Waals surface area (Å²) in [4.78, 5) is 2.74. The maximum Gasteiger partial charge on any atom is 0.0164 e. The van der Waals surface area contributed by atoms with Crippen LogP contribution in [0.5, 0.6) is 0 Å². The largest absolute Gasteiger partial charge is 0.0895 e. The van der Waals surface area contributed by atoms with Gasteiger partial charge >= 0.3 is 0 Å². The van der Waals surface area contributed by atoms with E-state index in [1.54, 1.807) is 0 Å². The van der Waals surface area contributed by atoms with E-state index in [9.17, 15) is 0 Å². The van der Waals surface area contributed by atoms with Gasteiger partial charge in [-0.1, -0.05) is 127 Å². The quantitative estimate of drug-likeness (QED) is 0.213. The molecule has 1 heteroatoms. The summed E-state index contributed by atoms with van der Waals surface area (Å²) >= 11 is 1.90. The van der Waals surface area contributed by atoms with Gasteiger partial charge in [-0.05, 0) is 90.3 Å². The number of benzene rings is 7. The summed E-state index contributed by atoms with van der Waals surface area (Å²) in [5.41, 5.74) is 7.92. The Bertz CT molecular complexity index is 2000. The summed E-state index contributed by atoms with van der Waals surface area (Å²) in [5.74, 6) is 0. The third-order valence-corrected chi connectivity index (χ3v) is 9.15. The fourth-order valence-corrected chi connectivity index (χ4v) is 7.21. The zero-order chi connectivity index (χ0) is 25.1. The van der Waals surface area contributed by atoms with Gasteiger partial charge in [-0.25, -0.2) is 0 Å². The van der Waals surface area contributed by atoms with Crippen molar-refractivity contribution < 1.29 is 0 Å². The van der Waals surface area contributed by atoms with Gasteiger partial charge < -0.3 is 0 Å². The molecular formula is C37H24S. The van der Waals surface area contributed by atoms with E-state index in [0.29, 0.717) is 0 Å². The van der Waals surface area contributed by atoms with E-state index in [0.717, 1.165) is 6.42 Å². The van der Waals surface area contributed by atoms with Crippen molar-refractivity contribution in [1.82, 2.24) is 0 Å². The molecule has 0 radical (unpaired) electrons. The lowest BCUT2D eigenvalue weighted by Crippen LogP contribution is -1.99. The third kappa shape index (κ3) is 3.40. The van der Waals surface area contributed by atoms with Crippen LogP contribution < -0.4 is 0 Å². The lowest BCUT2D eigenvalue weighted by molar-refractivity contribution is 1.06. The van der Waals surface area contributed by atoms with Crippen LogP contribution in [0.15, 0.2) is 143 Å². The molecule has 0 amide bonds. The number of rotatable bonds is 2. The Morgan fingerprint density at radius 3 is 1.58 bits per heavy atom. The molecule has 178 valence electrons. The lowest BCUT2D eigenvalue weighted by Gasteiger charge is -2.20. The molecule has 0 unspecified atom stereocenters. The number of fused-ring (bicyclic) bond motifs is 8. The second-order valence-corrected chi connectivity index (χ2v) is 11.2. The Morgan fingerprint density at radius 1 is 0.368 bits per heavy atom. The second kappa shape index (κ2) is 8.62. The molecule has 0 spiro atoms. The molecule has 0 nitrogen and oxygen atoms in total. The van der Waals surface area contributed by atoms with Gasteiger partial charge in [0.15, 0.2) is 0 Å². The van der Waals surface area contributed by atoms with Crippen molar-refractivity contribution in [3.8, 4) is 22.3 Å². The van der Waals surface area contributed by atoms with Crippen LogP contribution in [0.2, 0.25) is 0 Å². The molecule has 1 aliphatic rings. The van der Waals surface area contributed by atoms with Gasteiger partial charge in [-0.2, -0.15) is 0 Å². The monoisotopic (exact) mass is 500 g/mol. The molecule has 1 heterocycles. The van der Waals surface area contributed by atoms with E-state index < -0.39 is 0 Å². The van der Waals surface area contributed by atoms with E-state index in [-0.39, 0.29) is 0 Å². The highest BCUT2D eigenvalue weighted by molar-refractivity contribution is 7.99. The first-order valence-electron chi connectivity index (χ1n) is 13.2. The van der Waals surface area contributed by atoms with Crippen LogP contribution in [-0.4, -0.2) is 0 Å². The minimum Gasteiger partial charge on any atom is -0.0895 e. The zero-order valence-corrected chi connectivity index (χ0v) is 21.6. The zero-order valence-electron chi connectivity index (χ0n) is 20.8. The van der Waals surface area contributed by atoms with Crippen molar-refractivity contribution in [2.24, 2.45) is 0 Å². The predicted octanol–water partition coefficient (Wildman–Crippen LogP) is 10.5. The molecule has 0 atom stereocenters. The molecule has 0 bridgehead atoms. The van der Waals surface area contributed by atoms with Crippen LogP contribution in [0.3, 0.4) is 0 Å². The summed E-state index contributed by atoms with van der Waals surface area (Å²) in [5, 5.41) is 7.87. The Labute approximate surface area is 226 Å².